The fourth-order valence-electron chi connectivity index (χ4n) is 3.55. The Hall–Kier alpha value is -3.03. The van der Waals surface area contributed by atoms with Gasteiger partial charge in [0.1, 0.15) is 0 Å². The molecule has 7 nitrogen and oxygen atoms in total. The number of anilines is 1. The number of carbonyl (C=O) groups is 1. The number of pyridine rings is 1. The lowest BCUT2D eigenvalue weighted by Gasteiger charge is -2.32. The zero-order valence-corrected chi connectivity index (χ0v) is 16.7. The SMILES string of the molecule is CC(c1cccc(NC(=O)c2cncc(-c3cnn(C)c3)c2)c1)N1CCOCC1. The summed E-state index contributed by atoms with van der Waals surface area (Å²) in [6.45, 7) is 5.56. The van der Waals surface area contributed by atoms with Gasteiger partial charge in [0.15, 0.2) is 0 Å². The predicted molar refractivity (Wildman–Crippen MR) is 112 cm³/mol. The van der Waals surface area contributed by atoms with Crippen molar-refractivity contribution in [2.45, 2.75) is 13.0 Å². The average molecular weight is 391 g/mol. The molecule has 3 aromatic rings. The Labute approximate surface area is 170 Å². The molecule has 1 aliphatic rings. The lowest BCUT2D eigenvalue weighted by atomic mass is 10.1. The first-order valence-corrected chi connectivity index (χ1v) is 9.77. The maximum atomic E-state index is 12.8. The molecule has 2 aromatic heterocycles. The molecule has 150 valence electrons. The second-order valence-electron chi connectivity index (χ2n) is 7.27. The van der Waals surface area contributed by atoms with E-state index in [1.54, 1.807) is 23.3 Å². The molecule has 1 unspecified atom stereocenters. The van der Waals surface area contributed by atoms with E-state index in [9.17, 15) is 4.79 Å². The third-order valence-corrected chi connectivity index (χ3v) is 5.26. The molecule has 4 rings (SSSR count). The van der Waals surface area contributed by atoms with Gasteiger partial charge in [0.05, 0.1) is 25.0 Å². The maximum Gasteiger partial charge on any atom is 0.257 e. The van der Waals surface area contributed by atoms with Gasteiger partial charge in [0.2, 0.25) is 0 Å². The van der Waals surface area contributed by atoms with Crippen LogP contribution in [0.15, 0.2) is 55.1 Å². The van der Waals surface area contributed by atoms with Crippen LogP contribution in [0.3, 0.4) is 0 Å². The Balaban J connectivity index is 1.48. The Morgan fingerprint density at radius 2 is 1.97 bits per heavy atom. The molecular weight excluding hydrogens is 366 g/mol. The number of carbonyl (C=O) groups excluding carboxylic acids is 1. The van der Waals surface area contributed by atoms with E-state index in [0.29, 0.717) is 5.56 Å². The van der Waals surface area contributed by atoms with E-state index < -0.39 is 0 Å². The molecule has 1 fully saturated rings. The number of nitrogens with zero attached hydrogens (tertiary/aromatic N) is 4. The minimum atomic E-state index is -0.181. The zero-order chi connectivity index (χ0) is 20.2. The third kappa shape index (κ3) is 4.52. The van der Waals surface area contributed by atoms with Crippen LogP contribution in [0.1, 0.15) is 28.9 Å². The summed E-state index contributed by atoms with van der Waals surface area (Å²) in [5.74, 6) is -0.181. The normalized spacial score (nSPS) is 15.8. The van der Waals surface area contributed by atoms with Crippen molar-refractivity contribution in [2.24, 2.45) is 7.05 Å². The third-order valence-electron chi connectivity index (χ3n) is 5.26. The van der Waals surface area contributed by atoms with Crippen LogP contribution in [0, 0.1) is 0 Å². The Bertz CT molecular complexity index is 994. The molecule has 0 spiro atoms. The van der Waals surface area contributed by atoms with Gasteiger partial charge in [-0.1, -0.05) is 12.1 Å². The first-order valence-electron chi connectivity index (χ1n) is 9.77. The van der Waals surface area contributed by atoms with Crippen LogP contribution in [0.5, 0.6) is 0 Å². The number of aryl methyl sites for hydroxylation is 1. The molecule has 0 aliphatic carbocycles. The van der Waals surface area contributed by atoms with E-state index in [2.05, 4.69) is 33.3 Å². The monoisotopic (exact) mass is 391 g/mol. The second-order valence-corrected chi connectivity index (χ2v) is 7.27. The summed E-state index contributed by atoms with van der Waals surface area (Å²) >= 11 is 0. The molecule has 1 aromatic carbocycles. The van der Waals surface area contributed by atoms with Crippen molar-refractivity contribution in [3.63, 3.8) is 0 Å². The van der Waals surface area contributed by atoms with E-state index in [-0.39, 0.29) is 11.9 Å². The molecule has 1 N–H and O–H groups in total. The van der Waals surface area contributed by atoms with Crippen LogP contribution in [0.4, 0.5) is 5.69 Å². The summed E-state index contributed by atoms with van der Waals surface area (Å²) in [7, 11) is 1.86. The van der Waals surface area contributed by atoms with Gasteiger partial charge in [-0.25, -0.2) is 0 Å². The molecule has 1 saturated heterocycles. The van der Waals surface area contributed by atoms with Gasteiger partial charge < -0.3 is 10.1 Å². The summed E-state index contributed by atoms with van der Waals surface area (Å²) < 4.78 is 7.17. The number of rotatable bonds is 5. The van der Waals surface area contributed by atoms with Crippen molar-refractivity contribution in [1.29, 1.82) is 0 Å². The van der Waals surface area contributed by atoms with Crippen molar-refractivity contribution in [1.82, 2.24) is 19.7 Å². The van der Waals surface area contributed by atoms with Crippen LogP contribution < -0.4 is 5.32 Å². The minimum Gasteiger partial charge on any atom is -0.379 e. The summed E-state index contributed by atoms with van der Waals surface area (Å²) in [5.41, 5.74) is 4.25. The molecule has 0 bridgehead atoms. The van der Waals surface area contributed by atoms with Crippen LogP contribution in [-0.4, -0.2) is 51.9 Å². The van der Waals surface area contributed by atoms with E-state index >= 15 is 0 Å². The summed E-state index contributed by atoms with van der Waals surface area (Å²) in [6, 6.07) is 10.1. The molecule has 1 amide bonds. The number of hydrogen-bond donors (Lipinski definition) is 1. The molecule has 1 aliphatic heterocycles. The molecular formula is C22H25N5O2. The maximum absolute atomic E-state index is 12.8. The highest BCUT2D eigenvalue weighted by molar-refractivity contribution is 6.04. The highest BCUT2D eigenvalue weighted by atomic mass is 16.5. The van der Waals surface area contributed by atoms with Crippen molar-refractivity contribution in [3.8, 4) is 11.1 Å². The van der Waals surface area contributed by atoms with E-state index in [4.69, 9.17) is 4.74 Å². The smallest absolute Gasteiger partial charge is 0.257 e. The summed E-state index contributed by atoms with van der Waals surface area (Å²) in [6.07, 6.45) is 6.97. The van der Waals surface area contributed by atoms with Crippen LogP contribution in [-0.2, 0) is 11.8 Å². The highest BCUT2D eigenvalue weighted by Gasteiger charge is 2.19. The fourth-order valence-corrected chi connectivity index (χ4v) is 3.55. The second kappa shape index (κ2) is 8.55. The molecule has 0 radical (unpaired) electrons. The van der Waals surface area contributed by atoms with E-state index in [0.717, 1.165) is 43.1 Å². The number of amides is 1. The van der Waals surface area contributed by atoms with Crippen LogP contribution in [0.25, 0.3) is 11.1 Å². The van der Waals surface area contributed by atoms with Gasteiger partial charge in [-0.3, -0.25) is 19.4 Å². The van der Waals surface area contributed by atoms with Crippen molar-refractivity contribution < 1.29 is 9.53 Å². The Morgan fingerprint density at radius 1 is 1.14 bits per heavy atom. The van der Waals surface area contributed by atoms with Crippen LogP contribution in [0.2, 0.25) is 0 Å². The molecule has 7 heteroatoms. The van der Waals surface area contributed by atoms with Crippen molar-refractivity contribution in [3.05, 3.63) is 66.2 Å². The first kappa shape index (κ1) is 19.3. The van der Waals surface area contributed by atoms with Crippen LogP contribution >= 0.6 is 0 Å². The van der Waals surface area contributed by atoms with E-state index in [1.165, 1.54) is 5.56 Å². The number of nitrogens with one attached hydrogen (secondary N) is 1. The molecule has 29 heavy (non-hydrogen) atoms. The number of ether oxygens (including phenoxy) is 1. The topological polar surface area (TPSA) is 72.3 Å². The number of aromatic nitrogens is 3. The fraction of sp³-hybridized carbons (Fsp3) is 0.318. The van der Waals surface area contributed by atoms with Gasteiger partial charge in [-0.15, -0.1) is 0 Å². The summed E-state index contributed by atoms with van der Waals surface area (Å²) in [4.78, 5) is 19.4. The average Bonchev–Trinajstić information content (AvgIpc) is 3.20. The van der Waals surface area contributed by atoms with Crippen molar-refractivity contribution in [2.75, 3.05) is 31.6 Å². The Kier molecular flexibility index (Phi) is 5.69. The zero-order valence-electron chi connectivity index (χ0n) is 16.7. The first-order chi connectivity index (χ1) is 14.1. The number of morpholine rings is 1. The number of benzene rings is 1. The van der Waals surface area contributed by atoms with Gasteiger partial charge in [-0.2, -0.15) is 5.10 Å². The lowest BCUT2D eigenvalue weighted by Crippen LogP contribution is -2.38. The Morgan fingerprint density at radius 3 is 2.72 bits per heavy atom. The van der Waals surface area contributed by atoms with Gasteiger partial charge in [-0.05, 0) is 30.7 Å². The van der Waals surface area contributed by atoms with E-state index in [1.807, 2.05) is 37.5 Å². The van der Waals surface area contributed by atoms with Gasteiger partial charge in [0.25, 0.3) is 5.91 Å². The number of hydrogen-bond acceptors (Lipinski definition) is 5. The molecule has 0 saturated carbocycles. The van der Waals surface area contributed by atoms with Crippen molar-refractivity contribution >= 4 is 11.6 Å². The minimum absolute atomic E-state index is 0.181. The van der Waals surface area contributed by atoms with Gasteiger partial charge >= 0.3 is 0 Å². The molecule has 1 atom stereocenters. The molecule has 3 heterocycles. The lowest BCUT2D eigenvalue weighted by molar-refractivity contribution is 0.0199. The quantitative estimate of drug-likeness (QED) is 0.723. The predicted octanol–water partition coefficient (Wildman–Crippen LogP) is 3.13. The highest BCUT2D eigenvalue weighted by Crippen LogP contribution is 2.24. The van der Waals surface area contributed by atoms with Gasteiger partial charge in [0, 0.05) is 61.6 Å². The largest absolute Gasteiger partial charge is 0.379 e. The standard InChI is InChI=1S/C22H25N5O2/c1-16(27-6-8-29-9-7-27)17-4-3-5-21(11-17)25-22(28)19-10-18(12-23-13-19)20-14-24-26(2)15-20/h3-5,10-16H,6-9H2,1-2H3,(H,25,28). The summed E-state index contributed by atoms with van der Waals surface area (Å²) in [5, 5.41) is 7.17.